The monoisotopic (exact) mass is 205 g/mol. The lowest BCUT2D eigenvalue weighted by atomic mass is 10.3. The molecule has 2 N–H and O–H groups in total. The topological polar surface area (TPSA) is 75.6 Å². The van der Waals surface area contributed by atoms with Gasteiger partial charge in [0.15, 0.2) is 5.82 Å². The van der Waals surface area contributed by atoms with Gasteiger partial charge in [0.25, 0.3) is 5.91 Å². The molecule has 0 saturated heterocycles. The highest BCUT2D eigenvalue weighted by Gasteiger charge is 2.06. The molecular weight excluding hydrogens is 194 g/mol. The van der Waals surface area contributed by atoms with Crippen LogP contribution in [0.4, 0.5) is 0 Å². The quantitative estimate of drug-likeness (QED) is 0.744. The van der Waals surface area contributed by atoms with Crippen LogP contribution in [0.5, 0.6) is 0 Å². The number of imidazole rings is 1. The smallest absolute Gasteiger partial charge is 0.287 e. The largest absolute Gasteiger partial charge is 0.345 e. The Morgan fingerprint density at radius 3 is 3.13 bits per heavy atom. The number of rotatable bonds is 3. The summed E-state index contributed by atoms with van der Waals surface area (Å²) in [6.07, 6.45) is 6.71. The lowest BCUT2D eigenvalue weighted by Crippen LogP contribution is -2.23. The highest BCUT2D eigenvalue weighted by Crippen LogP contribution is 1.96. The number of hydrogen-bond donors (Lipinski definition) is 2. The summed E-state index contributed by atoms with van der Waals surface area (Å²) >= 11 is 0. The zero-order valence-electron chi connectivity index (χ0n) is 8.27. The Hall–Kier alpha value is -2.11. The van der Waals surface area contributed by atoms with E-state index in [1.165, 1.54) is 0 Å². The number of nitrogens with zero attached hydrogens (tertiary/aromatic N) is 3. The second-order valence-corrected chi connectivity index (χ2v) is 3.14. The van der Waals surface area contributed by atoms with Gasteiger partial charge in [0.2, 0.25) is 0 Å². The molecule has 0 radical (unpaired) electrons. The maximum absolute atomic E-state index is 11.5. The minimum atomic E-state index is -0.219. The van der Waals surface area contributed by atoms with E-state index >= 15 is 0 Å². The molecule has 0 atom stereocenters. The molecule has 6 nitrogen and oxygen atoms in total. The van der Waals surface area contributed by atoms with Crippen molar-refractivity contribution in [3.63, 3.8) is 0 Å². The standard InChI is InChI=1S/C9H11N5O/c1-14-6-7(5-13-14)4-12-9(15)8-10-2-3-11-8/h2-3,5-6H,4H2,1H3,(H,10,11)(H,12,15). The molecule has 0 unspecified atom stereocenters. The third-order valence-electron chi connectivity index (χ3n) is 1.92. The molecule has 2 heterocycles. The van der Waals surface area contributed by atoms with E-state index in [0.29, 0.717) is 12.4 Å². The zero-order valence-corrected chi connectivity index (χ0v) is 8.27. The van der Waals surface area contributed by atoms with Crippen molar-refractivity contribution in [3.05, 3.63) is 36.2 Å². The van der Waals surface area contributed by atoms with Gasteiger partial charge in [0, 0.05) is 37.7 Å². The number of aromatic amines is 1. The van der Waals surface area contributed by atoms with Gasteiger partial charge in [0.05, 0.1) is 6.20 Å². The molecule has 1 amide bonds. The van der Waals surface area contributed by atoms with Crippen molar-refractivity contribution < 1.29 is 4.79 Å². The Bertz CT molecular complexity index is 445. The van der Waals surface area contributed by atoms with Gasteiger partial charge in [-0.1, -0.05) is 0 Å². The van der Waals surface area contributed by atoms with E-state index in [1.807, 2.05) is 13.2 Å². The van der Waals surface area contributed by atoms with Gasteiger partial charge in [-0.15, -0.1) is 0 Å². The summed E-state index contributed by atoms with van der Waals surface area (Å²) in [6.45, 7) is 0.452. The molecule has 0 saturated carbocycles. The first-order valence-electron chi connectivity index (χ1n) is 4.51. The minimum absolute atomic E-state index is 0.219. The normalized spacial score (nSPS) is 10.2. The van der Waals surface area contributed by atoms with Crippen LogP contribution >= 0.6 is 0 Å². The molecule has 0 aliphatic rings. The summed E-state index contributed by atoms with van der Waals surface area (Å²) in [5.41, 5.74) is 0.956. The van der Waals surface area contributed by atoms with Crippen molar-refractivity contribution in [1.82, 2.24) is 25.1 Å². The average Bonchev–Trinajstić information content (AvgIpc) is 2.84. The van der Waals surface area contributed by atoms with Gasteiger partial charge in [-0.3, -0.25) is 9.48 Å². The van der Waals surface area contributed by atoms with Crippen LogP contribution in [0.3, 0.4) is 0 Å². The number of aromatic nitrogens is 4. The second kappa shape index (κ2) is 3.95. The SMILES string of the molecule is Cn1cc(CNC(=O)c2ncc[nH]2)cn1. The molecular formula is C9H11N5O. The van der Waals surface area contributed by atoms with E-state index in [2.05, 4.69) is 20.4 Å². The molecule has 78 valence electrons. The van der Waals surface area contributed by atoms with Crippen molar-refractivity contribution in [1.29, 1.82) is 0 Å². The Balaban J connectivity index is 1.91. The number of carbonyl (C=O) groups is 1. The number of aryl methyl sites for hydroxylation is 1. The predicted octanol–water partition coefficient (Wildman–Crippen LogP) is 0.0732. The maximum Gasteiger partial charge on any atom is 0.287 e. The summed E-state index contributed by atoms with van der Waals surface area (Å²) in [7, 11) is 1.83. The third kappa shape index (κ3) is 2.22. The van der Waals surface area contributed by atoms with Gasteiger partial charge in [-0.2, -0.15) is 5.10 Å². The molecule has 0 aliphatic carbocycles. The zero-order chi connectivity index (χ0) is 10.7. The van der Waals surface area contributed by atoms with Crippen LogP contribution in [0.15, 0.2) is 24.8 Å². The van der Waals surface area contributed by atoms with Crippen molar-refractivity contribution in [2.45, 2.75) is 6.54 Å². The summed E-state index contributed by atoms with van der Waals surface area (Å²) in [6, 6.07) is 0. The third-order valence-corrected chi connectivity index (χ3v) is 1.92. The molecule has 2 aromatic heterocycles. The van der Waals surface area contributed by atoms with E-state index in [4.69, 9.17) is 0 Å². The Kier molecular flexibility index (Phi) is 2.49. The number of H-pyrrole nitrogens is 1. The van der Waals surface area contributed by atoms with Gasteiger partial charge < -0.3 is 10.3 Å². The lowest BCUT2D eigenvalue weighted by Gasteiger charge is -1.99. The maximum atomic E-state index is 11.5. The average molecular weight is 205 g/mol. The fourth-order valence-electron chi connectivity index (χ4n) is 1.22. The van der Waals surface area contributed by atoms with Gasteiger partial charge >= 0.3 is 0 Å². The summed E-state index contributed by atoms with van der Waals surface area (Å²) in [5, 5.41) is 6.73. The van der Waals surface area contributed by atoms with Crippen molar-refractivity contribution in [2.75, 3.05) is 0 Å². The fraction of sp³-hybridized carbons (Fsp3) is 0.222. The molecule has 0 aliphatic heterocycles. The van der Waals surface area contributed by atoms with E-state index in [1.54, 1.807) is 23.3 Å². The fourth-order valence-corrected chi connectivity index (χ4v) is 1.22. The Morgan fingerprint density at radius 1 is 1.67 bits per heavy atom. The second-order valence-electron chi connectivity index (χ2n) is 3.14. The lowest BCUT2D eigenvalue weighted by molar-refractivity contribution is 0.0941. The van der Waals surface area contributed by atoms with E-state index in [-0.39, 0.29) is 5.91 Å². The summed E-state index contributed by atoms with van der Waals surface area (Å²) < 4.78 is 1.69. The predicted molar refractivity (Wildman–Crippen MR) is 53.0 cm³/mol. The van der Waals surface area contributed by atoms with Crippen LogP contribution in [-0.4, -0.2) is 25.7 Å². The number of amides is 1. The highest BCUT2D eigenvalue weighted by atomic mass is 16.2. The molecule has 0 aromatic carbocycles. The summed E-state index contributed by atoms with van der Waals surface area (Å²) in [4.78, 5) is 18.0. The first kappa shape index (κ1) is 9.45. The van der Waals surface area contributed by atoms with E-state index in [0.717, 1.165) is 5.56 Å². The van der Waals surface area contributed by atoms with Crippen LogP contribution in [-0.2, 0) is 13.6 Å². The van der Waals surface area contributed by atoms with Crippen LogP contribution in [0.2, 0.25) is 0 Å². The number of hydrogen-bond acceptors (Lipinski definition) is 3. The van der Waals surface area contributed by atoms with Crippen molar-refractivity contribution in [3.8, 4) is 0 Å². The molecule has 0 fully saturated rings. The van der Waals surface area contributed by atoms with Gasteiger partial charge in [-0.25, -0.2) is 4.98 Å². The van der Waals surface area contributed by atoms with Gasteiger partial charge in [0.1, 0.15) is 0 Å². The summed E-state index contributed by atoms with van der Waals surface area (Å²) in [5.74, 6) is 0.0998. The first-order chi connectivity index (χ1) is 7.25. The highest BCUT2D eigenvalue weighted by molar-refractivity contribution is 5.90. The molecule has 2 rings (SSSR count). The molecule has 0 spiro atoms. The van der Waals surface area contributed by atoms with E-state index in [9.17, 15) is 4.79 Å². The van der Waals surface area contributed by atoms with E-state index < -0.39 is 0 Å². The first-order valence-corrected chi connectivity index (χ1v) is 4.51. The number of carbonyl (C=O) groups excluding carboxylic acids is 1. The molecule has 0 bridgehead atoms. The number of nitrogens with one attached hydrogen (secondary N) is 2. The van der Waals surface area contributed by atoms with Crippen LogP contribution in [0, 0.1) is 0 Å². The van der Waals surface area contributed by atoms with Gasteiger partial charge in [-0.05, 0) is 0 Å². The Labute approximate surface area is 86.3 Å². The molecule has 2 aromatic rings. The van der Waals surface area contributed by atoms with Crippen LogP contribution in [0.1, 0.15) is 16.2 Å². The minimum Gasteiger partial charge on any atom is -0.345 e. The Morgan fingerprint density at radius 2 is 2.53 bits per heavy atom. The van der Waals surface area contributed by atoms with Crippen LogP contribution < -0.4 is 5.32 Å². The van der Waals surface area contributed by atoms with Crippen molar-refractivity contribution >= 4 is 5.91 Å². The van der Waals surface area contributed by atoms with Crippen molar-refractivity contribution in [2.24, 2.45) is 7.05 Å². The molecule has 15 heavy (non-hydrogen) atoms. The van der Waals surface area contributed by atoms with Crippen LogP contribution in [0.25, 0.3) is 0 Å². The molecule has 6 heteroatoms.